The van der Waals surface area contributed by atoms with Crippen molar-refractivity contribution in [1.29, 1.82) is 0 Å². The van der Waals surface area contributed by atoms with Gasteiger partial charge in [0.05, 0.1) is 0 Å². The standard InChI is InChI=1S/C12H16ClN/c13-12-4-2-1-3-11(12)9-10-5-7-14-8-6-10/h1-4,10,14H,5-9H2. The van der Waals surface area contributed by atoms with E-state index in [1.54, 1.807) is 0 Å². The van der Waals surface area contributed by atoms with Crippen LogP contribution < -0.4 is 5.32 Å². The van der Waals surface area contributed by atoms with Crippen molar-refractivity contribution in [1.82, 2.24) is 5.32 Å². The molecule has 1 N–H and O–H groups in total. The summed E-state index contributed by atoms with van der Waals surface area (Å²) in [5.41, 5.74) is 1.31. The molecule has 1 aromatic carbocycles. The van der Waals surface area contributed by atoms with E-state index in [4.69, 9.17) is 11.6 Å². The third-order valence-electron chi connectivity index (χ3n) is 2.93. The van der Waals surface area contributed by atoms with Gasteiger partial charge in [-0.05, 0) is 49.9 Å². The molecule has 1 aliphatic heterocycles. The van der Waals surface area contributed by atoms with Crippen LogP contribution in [0.15, 0.2) is 24.3 Å². The van der Waals surface area contributed by atoms with Gasteiger partial charge in [0, 0.05) is 5.02 Å². The minimum Gasteiger partial charge on any atom is -0.317 e. The minimum absolute atomic E-state index is 0.816. The van der Waals surface area contributed by atoms with Gasteiger partial charge < -0.3 is 5.32 Å². The number of nitrogens with one attached hydrogen (secondary N) is 1. The van der Waals surface area contributed by atoms with E-state index in [0.29, 0.717) is 0 Å². The number of rotatable bonds is 2. The number of piperidine rings is 1. The molecule has 1 aromatic rings. The van der Waals surface area contributed by atoms with Gasteiger partial charge in [0.25, 0.3) is 0 Å². The van der Waals surface area contributed by atoms with Gasteiger partial charge in [0.2, 0.25) is 0 Å². The van der Waals surface area contributed by atoms with Crippen molar-refractivity contribution in [3.8, 4) is 0 Å². The Morgan fingerprint density at radius 3 is 2.64 bits per heavy atom. The largest absolute Gasteiger partial charge is 0.317 e. The summed E-state index contributed by atoms with van der Waals surface area (Å²) >= 11 is 6.13. The van der Waals surface area contributed by atoms with Gasteiger partial charge in [-0.1, -0.05) is 29.8 Å². The van der Waals surface area contributed by atoms with E-state index in [1.165, 1.54) is 18.4 Å². The molecule has 0 bridgehead atoms. The Hall–Kier alpha value is -0.530. The minimum atomic E-state index is 0.816. The molecule has 14 heavy (non-hydrogen) atoms. The lowest BCUT2D eigenvalue weighted by Gasteiger charge is -2.22. The number of benzene rings is 1. The Labute approximate surface area is 90.5 Å². The Morgan fingerprint density at radius 1 is 1.21 bits per heavy atom. The van der Waals surface area contributed by atoms with Crippen molar-refractivity contribution in [2.45, 2.75) is 19.3 Å². The predicted octanol–water partition coefficient (Wildman–Crippen LogP) is 2.88. The highest BCUT2D eigenvalue weighted by atomic mass is 35.5. The molecular weight excluding hydrogens is 194 g/mol. The van der Waals surface area contributed by atoms with Crippen molar-refractivity contribution >= 4 is 11.6 Å². The molecule has 0 saturated carbocycles. The first-order valence-corrected chi connectivity index (χ1v) is 5.68. The average molecular weight is 210 g/mol. The highest BCUT2D eigenvalue weighted by Gasteiger charge is 2.14. The van der Waals surface area contributed by atoms with Crippen molar-refractivity contribution in [3.63, 3.8) is 0 Å². The zero-order valence-corrected chi connectivity index (χ0v) is 9.06. The molecule has 0 unspecified atom stereocenters. The van der Waals surface area contributed by atoms with Gasteiger partial charge in [-0.15, -0.1) is 0 Å². The van der Waals surface area contributed by atoms with Crippen LogP contribution in [0.25, 0.3) is 0 Å². The second-order valence-corrected chi connectivity index (χ2v) is 4.40. The first-order valence-electron chi connectivity index (χ1n) is 5.30. The summed E-state index contributed by atoms with van der Waals surface area (Å²) in [5.74, 6) is 0.816. The quantitative estimate of drug-likeness (QED) is 0.790. The van der Waals surface area contributed by atoms with Crippen LogP contribution in [0, 0.1) is 5.92 Å². The summed E-state index contributed by atoms with van der Waals surface area (Å²) in [7, 11) is 0. The maximum Gasteiger partial charge on any atom is 0.0438 e. The number of hydrogen-bond donors (Lipinski definition) is 1. The van der Waals surface area contributed by atoms with E-state index in [2.05, 4.69) is 17.4 Å². The van der Waals surface area contributed by atoms with Gasteiger partial charge >= 0.3 is 0 Å². The van der Waals surface area contributed by atoms with Gasteiger partial charge in [0.1, 0.15) is 0 Å². The maximum atomic E-state index is 6.13. The molecule has 0 radical (unpaired) electrons. The molecule has 1 aliphatic rings. The zero-order chi connectivity index (χ0) is 9.80. The van der Waals surface area contributed by atoms with E-state index < -0.39 is 0 Å². The second kappa shape index (κ2) is 4.81. The monoisotopic (exact) mass is 209 g/mol. The lowest BCUT2D eigenvalue weighted by Crippen LogP contribution is -2.28. The molecule has 1 heterocycles. The summed E-state index contributed by atoms with van der Waals surface area (Å²) in [6, 6.07) is 8.19. The summed E-state index contributed by atoms with van der Waals surface area (Å²) in [4.78, 5) is 0. The van der Waals surface area contributed by atoms with Gasteiger partial charge in [-0.25, -0.2) is 0 Å². The smallest absolute Gasteiger partial charge is 0.0438 e. The third-order valence-corrected chi connectivity index (χ3v) is 3.29. The normalized spacial score (nSPS) is 18.4. The lowest BCUT2D eigenvalue weighted by atomic mass is 9.91. The van der Waals surface area contributed by atoms with E-state index in [9.17, 15) is 0 Å². The molecule has 2 rings (SSSR count). The highest BCUT2D eigenvalue weighted by Crippen LogP contribution is 2.23. The van der Waals surface area contributed by atoms with Gasteiger partial charge in [0.15, 0.2) is 0 Å². The Morgan fingerprint density at radius 2 is 1.93 bits per heavy atom. The van der Waals surface area contributed by atoms with Crippen LogP contribution in [0.1, 0.15) is 18.4 Å². The first-order chi connectivity index (χ1) is 6.86. The predicted molar refractivity (Wildman–Crippen MR) is 60.7 cm³/mol. The SMILES string of the molecule is Clc1ccccc1CC1CCNCC1. The molecule has 1 nitrogen and oxygen atoms in total. The van der Waals surface area contributed by atoms with E-state index >= 15 is 0 Å². The van der Waals surface area contributed by atoms with Gasteiger partial charge in [-0.3, -0.25) is 0 Å². The molecule has 1 saturated heterocycles. The van der Waals surface area contributed by atoms with Crippen molar-refractivity contribution in [2.75, 3.05) is 13.1 Å². The molecule has 0 aromatic heterocycles. The summed E-state index contributed by atoms with van der Waals surface area (Å²) in [5, 5.41) is 4.30. The van der Waals surface area contributed by atoms with Crippen LogP contribution in [-0.4, -0.2) is 13.1 Å². The molecule has 0 spiro atoms. The molecule has 0 amide bonds. The van der Waals surface area contributed by atoms with Crippen LogP contribution in [0.5, 0.6) is 0 Å². The molecule has 2 heteroatoms. The summed E-state index contributed by atoms with van der Waals surface area (Å²) in [6.45, 7) is 2.32. The molecular formula is C12H16ClN. The van der Waals surface area contributed by atoms with Crippen LogP contribution in [0.3, 0.4) is 0 Å². The summed E-state index contributed by atoms with van der Waals surface area (Å²) in [6.07, 6.45) is 3.71. The van der Waals surface area contributed by atoms with Crippen LogP contribution in [0.2, 0.25) is 5.02 Å². The summed E-state index contributed by atoms with van der Waals surface area (Å²) < 4.78 is 0. The average Bonchev–Trinajstić information content (AvgIpc) is 2.23. The number of hydrogen-bond acceptors (Lipinski definition) is 1. The zero-order valence-electron chi connectivity index (χ0n) is 8.30. The topological polar surface area (TPSA) is 12.0 Å². The van der Waals surface area contributed by atoms with Crippen molar-refractivity contribution < 1.29 is 0 Å². The Balaban J connectivity index is 1.99. The van der Waals surface area contributed by atoms with Crippen LogP contribution in [0.4, 0.5) is 0 Å². The molecule has 76 valence electrons. The molecule has 0 atom stereocenters. The fourth-order valence-corrected chi connectivity index (χ4v) is 2.27. The maximum absolute atomic E-state index is 6.13. The van der Waals surface area contributed by atoms with E-state index in [-0.39, 0.29) is 0 Å². The van der Waals surface area contributed by atoms with E-state index in [0.717, 1.165) is 30.5 Å². The molecule has 1 fully saturated rings. The van der Waals surface area contributed by atoms with Gasteiger partial charge in [-0.2, -0.15) is 0 Å². The third kappa shape index (κ3) is 2.49. The fraction of sp³-hybridized carbons (Fsp3) is 0.500. The van der Waals surface area contributed by atoms with Crippen LogP contribution in [-0.2, 0) is 6.42 Å². The Bertz CT molecular complexity index is 292. The molecule has 0 aliphatic carbocycles. The van der Waals surface area contributed by atoms with Crippen molar-refractivity contribution in [3.05, 3.63) is 34.9 Å². The lowest BCUT2D eigenvalue weighted by molar-refractivity contribution is 0.373. The first kappa shape index (κ1) is 10.0. The Kier molecular flexibility index (Phi) is 3.44. The van der Waals surface area contributed by atoms with Crippen molar-refractivity contribution in [2.24, 2.45) is 5.92 Å². The van der Waals surface area contributed by atoms with Crippen LogP contribution >= 0.6 is 11.6 Å². The fourth-order valence-electron chi connectivity index (χ4n) is 2.06. The van der Waals surface area contributed by atoms with E-state index in [1.807, 2.05) is 12.1 Å². The second-order valence-electron chi connectivity index (χ2n) is 3.99. The highest BCUT2D eigenvalue weighted by molar-refractivity contribution is 6.31. The number of halogens is 1.